The number of aromatic amines is 2. The zero-order chi connectivity index (χ0) is 127. The molecule has 0 saturated carbocycles. The van der Waals surface area contributed by atoms with Crippen molar-refractivity contribution in [1.29, 1.82) is 10.5 Å². The maximum absolute atomic E-state index is 15.2. The topological polar surface area (TPSA) is 469 Å². The number of halogens is 12. The molecule has 4 aliphatic rings. The molecule has 148 heavy (non-hydrogen) atoms. The maximum atomic E-state index is 15.2. The van der Waals surface area contributed by atoms with E-state index in [-0.39, 0.29) is 222 Å². The summed E-state index contributed by atoms with van der Waals surface area (Å²) in [5, 5.41) is 74.0. The van der Waals surface area contributed by atoms with Crippen molar-refractivity contribution < 1.29 is 93.4 Å². The molecular formula is C100H87BCl10F2N20O15. The molecule has 0 bridgehead atoms. The van der Waals surface area contributed by atoms with Crippen LogP contribution in [0, 0.1) is 54.5 Å². The molecule has 0 radical (unpaired) electrons. The number of aromatic nitrogens is 12. The SMILES string of the molecule is COc1ccc(C(O)c2cc(B3OC(C)(C)C(C)(C)O3)c(F)cc2Cl)nn1.[2H]c1c(Cl)c([2H])c2nc[nH]c(=O)c2c1[2H].[2H]c1c(N2CCOCC2)c([2H])c2nc[nH]c(=O)c2c1[2H].[2H]c1c(N2CCOCC2)cc2ncnc(-c3cc(C(O)c4ccc(OC)nn4)c(Cl)cc3F)c2c1[2H].[2H]c1c(N2CCOCC2)cc2ncnc(Cl)c2c1[2H].[2H]c1c([2H])c(C#N)c(N)c([2H])c1Cl.[2H]c1c([2H])c(C#N)c([N+](=O)[O-])c([2H])c1Cl.[2H]c1c([2H])c(Cl)c([2H])c([2H])c1Cl.[2H]c1c([2H])c(Cl)c([N+](=O)[O-])c([2H])c1Cl. The van der Waals surface area contributed by atoms with E-state index in [9.17, 15) is 44.4 Å². The van der Waals surface area contributed by atoms with Crippen LogP contribution in [0.2, 0.25) is 50.4 Å². The van der Waals surface area contributed by atoms with E-state index in [0.717, 1.165) is 31.5 Å². The lowest BCUT2D eigenvalue weighted by molar-refractivity contribution is -0.385. The van der Waals surface area contributed by atoms with E-state index in [1.165, 1.54) is 63.5 Å². The number of hydrogen-bond acceptors (Lipinski definition) is 31. The van der Waals surface area contributed by atoms with Crippen molar-refractivity contribution in [2.75, 3.05) is 114 Å². The van der Waals surface area contributed by atoms with Crippen molar-refractivity contribution in [1.82, 2.24) is 60.3 Å². The molecule has 4 aliphatic heterocycles. The second kappa shape index (κ2) is 53.4. The third-order valence-electron chi connectivity index (χ3n) is 21.0. The van der Waals surface area contributed by atoms with Gasteiger partial charge in [0.1, 0.15) is 64.4 Å². The Morgan fingerprint density at radius 2 is 0.885 bits per heavy atom. The van der Waals surface area contributed by atoms with E-state index < -0.39 is 131 Å². The number of nitro benzene ring substituents is 2. The summed E-state index contributed by atoms with van der Waals surface area (Å²) in [4.78, 5) is 77.2. The van der Waals surface area contributed by atoms with Crippen LogP contribution in [-0.2, 0) is 23.5 Å². The number of benzene rings is 10. The number of hydrogen-bond donors (Lipinski definition) is 5. The molecule has 0 amide bonds. The first kappa shape index (κ1) is 84.4. The van der Waals surface area contributed by atoms with E-state index in [2.05, 4.69) is 60.3 Å². The molecule has 10 heterocycles. The van der Waals surface area contributed by atoms with Gasteiger partial charge in [-0.05, 0) is 197 Å². The third kappa shape index (κ3) is 30.4. The summed E-state index contributed by atoms with van der Waals surface area (Å²) in [6, 6.07) is 11.1. The first-order valence-electron chi connectivity index (χ1n) is 54.0. The highest BCUT2D eigenvalue weighted by Crippen LogP contribution is 2.41. The molecule has 764 valence electrons. The number of H-pyrrole nitrogens is 2. The van der Waals surface area contributed by atoms with Gasteiger partial charge in [-0.25, -0.2) is 38.7 Å². The molecule has 4 fully saturated rings. The number of nitrogen functional groups attached to an aromatic ring is 1. The van der Waals surface area contributed by atoms with E-state index in [4.69, 9.17) is 197 Å². The highest BCUT2D eigenvalue weighted by Gasteiger charge is 2.53. The Kier molecular flexibility index (Phi) is 30.4. The molecule has 6 N–H and O–H groups in total. The smallest absolute Gasteiger partial charge is 0.480 e. The Bertz CT molecular complexity index is 8920. The second-order valence-corrected chi connectivity index (χ2v) is 34.7. The van der Waals surface area contributed by atoms with Gasteiger partial charge in [-0.1, -0.05) is 122 Å². The number of nitriles is 2. The largest absolute Gasteiger partial charge is 0.497 e. The summed E-state index contributed by atoms with van der Waals surface area (Å²) >= 11 is 57.0. The lowest BCUT2D eigenvalue weighted by Gasteiger charge is -2.32. The first-order valence-corrected chi connectivity index (χ1v) is 46.3. The van der Waals surface area contributed by atoms with Crippen molar-refractivity contribution in [2.24, 2.45) is 0 Å². The number of methoxy groups -OCH3 is 2. The molecular weight excluding hydrogens is 2120 g/mol. The van der Waals surface area contributed by atoms with Crippen molar-refractivity contribution in [3.8, 4) is 35.2 Å². The number of morpholine rings is 3. The number of rotatable bonds is 13. The van der Waals surface area contributed by atoms with E-state index in [0.29, 0.717) is 105 Å². The minimum Gasteiger partial charge on any atom is -0.480 e. The number of fused-ring (bicyclic) bond motifs is 4. The number of aliphatic hydroxyl groups is 2. The van der Waals surface area contributed by atoms with Gasteiger partial charge in [0.15, 0.2) is 0 Å². The van der Waals surface area contributed by atoms with Crippen molar-refractivity contribution >= 4 is 206 Å². The van der Waals surface area contributed by atoms with Crippen LogP contribution in [0.1, 0.15) is 105 Å². The summed E-state index contributed by atoms with van der Waals surface area (Å²) in [6.45, 7) is 14.6. The fourth-order valence-electron chi connectivity index (χ4n) is 12.9. The monoisotopic (exact) mass is 2230 g/mol. The van der Waals surface area contributed by atoms with Gasteiger partial charge in [0.2, 0.25) is 11.8 Å². The van der Waals surface area contributed by atoms with Gasteiger partial charge >= 0.3 is 7.12 Å². The average molecular weight is 2240 g/mol. The predicted molar refractivity (Wildman–Crippen MR) is 569 cm³/mol. The molecule has 2 unspecified atom stereocenters. The van der Waals surface area contributed by atoms with Crippen molar-refractivity contribution in [3.05, 3.63) is 362 Å². The molecule has 0 aliphatic carbocycles. The fourth-order valence-corrected chi connectivity index (χ4v) is 14.5. The van der Waals surface area contributed by atoms with Crippen molar-refractivity contribution in [2.45, 2.75) is 51.1 Å². The quantitative estimate of drug-likeness (QED) is 0.0235. The van der Waals surface area contributed by atoms with E-state index in [1.54, 1.807) is 30.3 Å². The Hall–Kier alpha value is -13.6. The minimum atomic E-state index is -1.31. The molecule has 35 nitrogen and oxygen atoms in total. The van der Waals surface area contributed by atoms with Gasteiger partial charge in [0.25, 0.3) is 22.5 Å². The molecule has 4 saturated heterocycles. The Balaban J connectivity index is 0.000000172. The van der Waals surface area contributed by atoms with Gasteiger partial charge in [0, 0.05) is 154 Å². The van der Waals surface area contributed by atoms with Gasteiger partial charge in [-0.3, -0.25) is 29.8 Å². The third-order valence-corrected chi connectivity index (χ3v) is 23.3. The molecule has 0 spiro atoms. The second-order valence-electron chi connectivity index (χ2n) is 30.8. The predicted octanol–water partition coefficient (Wildman–Crippen LogP) is 20.7. The van der Waals surface area contributed by atoms with Crippen LogP contribution in [-0.4, -0.2) is 192 Å². The summed E-state index contributed by atoms with van der Waals surface area (Å²) < 4.78 is 242. The first-order chi connectivity index (χ1) is 80.5. The number of nitro groups is 2. The highest BCUT2D eigenvalue weighted by atomic mass is 35.5. The van der Waals surface area contributed by atoms with Crippen LogP contribution in [0.25, 0.3) is 54.9 Å². The number of anilines is 4. The van der Waals surface area contributed by atoms with Crippen LogP contribution in [0.3, 0.4) is 0 Å². The number of ether oxygens (including phenoxy) is 5. The van der Waals surface area contributed by atoms with Gasteiger partial charge < -0.3 is 73.6 Å². The van der Waals surface area contributed by atoms with Crippen LogP contribution in [0.5, 0.6) is 11.8 Å². The molecule has 6 aromatic heterocycles. The normalized spacial score (nSPS) is 16.2. The van der Waals surface area contributed by atoms with Crippen LogP contribution in [0.15, 0.2) is 235 Å². The average Bonchev–Trinajstić information content (AvgIpc) is 1.68. The highest BCUT2D eigenvalue weighted by molar-refractivity contribution is 6.62. The summed E-state index contributed by atoms with van der Waals surface area (Å²) in [5.74, 6) is -0.681. The Morgan fingerprint density at radius 1 is 0.473 bits per heavy atom. The number of nitrogens with two attached hydrogens (primary N) is 1. The van der Waals surface area contributed by atoms with Crippen LogP contribution in [0.4, 0.5) is 42.9 Å². The van der Waals surface area contributed by atoms with Gasteiger partial charge in [-0.15, -0.1) is 20.4 Å². The maximum Gasteiger partial charge on any atom is 0.497 e. The van der Waals surface area contributed by atoms with Gasteiger partial charge in [0.05, 0.1) is 180 Å². The fraction of sp³-hybridized carbons (Fsp3) is 0.220. The summed E-state index contributed by atoms with van der Waals surface area (Å²) in [6.07, 6.45) is 2.51. The molecule has 2 atom stereocenters. The molecule has 10 aromatic carbocycles. The summed E-state index contributed by atoms with van der Waals surface area (Å²) in [7, 11) is 2.00. The number of nitrogens with one attached hydrogen (secondary N) is 2. The zero-order valence-corrected chi connectivity index (χ0v) is 84.8. The van der Waals surface area contributed by atoms with Crippen molar-refractivity contribution in [3.63, 3.8) is 0 Å². The van der Waals surface area contributed by atoms with Crippen LogP contribution >= 0.6 is 116 Å². The Morgan fingerprint density at radius 3 is 1.38 bits per heavy atom. The number of aliphatic hydroxyl groups excluding tert-OH is 2. The molecule has 20 rings (SSSR count). The lowest BCUT2D eigenvalue weighted by Crippen LogP contribution is -2.41. The van der Waals surface area contributed by atoms with Gasteiger partial charge in [-0.2, -0.15) is 10.5 Å². The molecule has 16 aromatic rings. The lowest BCUT2D eigenvalue weighted by atomic mass is 9.77. The molecule has 48 heteroatoms. The standard InChI is InChI=1S/C24H21ClFN5O3.C18H21BClFN2O4.C12H12ClN3O.C12H13N3O2.C8H5ClN2O.C7H3ClN2O2.C7H5ClN2.C6H3Cl2NO2.C6H4Cl2/c1-33-22-5-4-20(29-30-22)24(32)16-11-17(19(26)12-18(16)25)23-15-3-2-14(10-21(15)27-13-28-23)31-6-8-34-9-7-31;1-17(2)18(3,4)27-19(26-17)11-8-10(12(20)9-13(11)21)16(24)14-6-7-15(25-5)23-22-14;13-12-10-2-1-9(7-11(10)14-8-15-12)16-3-5-17-6-4-16;16-12-10-2-1-9(7-11(10)13-8-14-12)15-3-5-17-6-4-15;9-5-1-2-6-7(3-5)10-4-11-8(6)12;8-6-2-1-5(4-9)7(3-6)10(11)12;8-6-2-1-5(4-9)7(10)3-6;7-4-1-2-5(8)6(3-4)9(10)11;7-5-1-2-6(8)4-3-5/h2-5,10-13,24,32H,6-9H2,1H3;6-9,16,24H,1-5H3;1-2,7-8H,3-6H2;1-2,7-8H,3-6H2,(H,13,14,16);1-4H,(H,10,11,12);1-3H;1-3H,10H2;1-3H;1-4H/i2D,3D;;1D,2D;1D,2D,7D;4*1D,2D,3D;1D,2D,3D,4D. The minimum absolute atomic E-state index is 0.000454. The summed E-state index contributed by atoms with van der Waals surface area (Å²) in [5.41, 5.74) is 4.62. The Labute approximate surface area is 926 Å². The van der Waals surface area contributed by atoms with E-state index in [1.807, 2.05) is 42.4 Å². The number of nitrogens with zero attached hydrogens (tertiary/aromatic N) is 17. The zero-order valence-electron chi connectivity index (χ0n) is 100. The van der Waals surface area contributed by atoms with Crippen LogP contribution < -0.4 is 46.5 Å². The van der Waals surface area contributed by atoms with E-state index >= 15 is 4.39 Å².